The monoisotopic (exact) mass is 449 g/mol. The molecule has 1 aromatic rings. The van der Waals surface area contributed by atoms with E-state index in [1.165, 1.54) is 0 Å². The molecule has 1 amide bonds. The van der Waals surface area contributed by atoms with Crippen LogP contribution in [-0.4, -0.2) is 29.1 Å². The second-order valence-electron chi connectivity index (χ2n) is 7.68. The Morgan fingerprint density at radius 2 is 1.74 bits per heavy atom. The van der Waals surface area contributed by atoms with Crippen molar-refractivity contribution in [3.8, 4) is 0 Å². The van der Waals surface area contributed by atoms with Gasteiger partial charge in [0.1, 0.15) is 0 Å². The van der Waals surface area contributed by atoms with Crippen LogP contribution in [0, 0.1) is 11.8 Å². The van der Waals surface area contributed by atoms with Crippen LogP contribution in [0.2, 0.25) is 0 Å². The van der Waals surface area contributed by atoms with Gasteiger partial charge >= 0.3 is 18.9 Å². The molecule has 0 unspecified atom stereocenters. The first kappa shape index (κ1) is 23.0. The summed E-state index contributed by atoms with van der Waals surface area (Å²) in [7, 11) is 0. The number of halogens is 1. The third-order valence-corrected chi connectivity index (χ3v) is 7.37. The summed E-state index contributed by atoms with van der Waals surface area (Å²) in [6.07, 6.45) is 6.13. The summed E-state index contributed by atoms with van der Waals surface area (Å²) in [4.78, 5) is 26.8. The van der Waals surface area contributed by atoms with Crippen molar-refractivity contribution in [3.63, 3.8) is 0 Å². The van der Waals surface area contributed by atoms with Gasteiger partial charge in [-0.05, 0) is 79.3 Å². The van der Waals surface area contributed by atoms with E-state index in [1.54, 1.807) is 11.0 Å². The third kappa shape index (κ3) is 5.39. The van der Waals surface area contributed by atoms with E-state index in [1.807, 2.05) is 0 Å². The maximum atomic E-state index is 13.4. The van der Waals surface area contributed by atoms with Gasteiger partial charge in [-0.15, -0.1) is 11.3 Å². The molecule has 144 valence electrons. The Morgan fingerprint density at radius 1 is 1.15 bits per heavy atom. The van der Waals surface area contributed by atoms with Crippen molar-refractivity contribution in [2.24, 2.45) is 11.8 Å². The number of nitrogens with zero attached hydrogens (tertiary/aromatic N) is 1. The molecule has 0 aromatic carbocycles. The van der Waals surface area contributed by atoms with Crippen molar-refractivity contribution in [1.29, 1.82) is 0 Å². The van der Waals surface area contributed by atoms with Crippen LogP contribution >= 0.6 is 27.3 Å². The summed E-state index contributed by atoms with van der Waals surface area (Å²) < 4.78 is 0.678. The summed E-state index contributed by atoms with van der Waals surface area (Å²) in [5.41, 5.74) is 0.451. The Kier molecular flexibility index (Phi) is 8.45. The van der Waals surface area contributed by atoms with Crippen LogP contribution in [0.15, 0.2) is 9.85 Å². The molecule has 0 saturated heterocycles. The minimum Gasteiger partial charge on any atom is -0.544 e. The number of amides is 1. The van der Waals surface area contributed by atoms with Crippen molar-refractivity contribution in [2.75, 3.05) is 4.90 Å². The van der Waals surface area contributed by atoms with E-state index < -0.39 is 5.97 Å². The summed E-state index contributed by atoms with van der Waals surface area (Å²) in [6, 6.07) is 1.66. The molecule has 0 atom stereocenters. The van der Waals surface area contributed by atoms with Gasteiger partial charge in [0.2, 0.25) is 5.91 Å². The Hall–Kier alpha value is -0.323. The smallest absolute Gasteiger partial charge is 0.544 e. The largest absolute Gasteiger partial charge is 1.00 e. The van der Waals surface area contributed by atoms with E-state index in [0.29, 0.717) is 41.1 Å². The van der Waals surface area contributed by atoms with Gasteiger partial charge in [0, 0.05) is 12.0 Å². The summed E-state index contributed by atoms with van der Waals surface area (Å²) in [6.45, 7) is 2.21. The van der Waals surface area contributed by atoms with E-state index in [-0.39, 0.29) is 47.7 Å². The van der Waals surface area contributed by atoms with Crippen molar-refractivity contribution >= 4 is 44.8 Å². The van der Waals surface area contributed by atoms with E-state index in [2.05, 4.69) is 22.9 Å². The summed E-state index contributed by atoms with van der Waals surface area (Å²) in [5, 5.41) is 21.4. The van der Waals surface area contributed by atoms with Gasteiger partial charge in [0.05, 0.1) is 26.4 Å². The number of carboxylic acid groups (broad SMARTS) is 1. The zero-order valence-corrected chi connectivity index (χ0v) is 18.4. The molecular weight excluding hydrogens is 425 g/mol. The molecule has 2 fully saturated rings. The average molecular weight is 450 g/mol. The molecule has 2 saturated carbocycles. The zero-order chi connectivity index (χ0) is 18.8. The maximum absolute atomic E-state index is 13.4. The van der Waals surface area contributed by atoms with Crippen LogP contribution in [-0.2, 0) is 4.79 Å². The maximum Gasteiger partial charge on any atom is 1.00 e. The zero-order valence-electron chi connectivity index (χ0n) is 15.9. The molecule has 2 aliphatic rings. The predicted octanol–water partition coefficient (Wildman–Crippen LogP) is 0.341. The number of hydrogen-bond donors (Lipinski definition) is 1. The number of aliphatic hydroxyl groups excluding tert-OH is 1. The minimum atomic E-state index is -1.25. The SMILES string of the molecule is CC1CCC(C(=O)N(c2cc(Br)sc2C(=O)[O-])C2CCC(O)CC2)CC1.[Li+]. The minimum absolute atomic E-state index is 0. The van der Waals surface area contributed by atoms with Gasteiger partial charge in [-0.2, -0.15) is 0 Å². The van der Waals surface area contributed by atoms with Gasteiger partial charge in [-0.3, -0.25) is 4.79 Å². The van der Waals surface area contributed by atoms with Crippen molar-refractivity contribution in [2.45, 2.75) is 70.4 Å². The third-order valence-electron chi connectivity index (χ3n) is 5.76. The molecule has 0 bridgehead atoms. The van der Waals surface area contributed by atoms with Crippen LogP contribution in [0.4, 0.5) is 5.69 Å². The van der Waals surface area contributed by atoms with Crippen LogP contribution < -0.4 is 28.9 Å². The first-order valence-electron chi connectivity index (χ1n) is 9.38. The molecule has 1 aromatic heterocycles. The Morgan fingerprint density at radius 3 is 2.30 bits per heavy atom. The fraction of sp³-hybridized carbons (Fsp3) is 0.684. The van der Waals surface area contributed by atoms with E-state index in [0.717, 1.165) is 37.0 Å². The van der Waals surface area contributed by atoms with Crippen LogP contribution in [0.1, 0.15) is 68.0 Å². The fourth-order valence-corrected chi connectivity index (χ4v) is 5.61. The van der Waals surface area contributed by atoms with Crippen molar-refractivity contribution in [1.82, 2.24) is 0 Å². The van der Waals surface area contributed by atoms with Crippen molar-refractivity contribution < 1.29 is 38.7 Å². The van der Waals surface area contributed by atoms with E-state index in [9.17, 15) is 19.8 Å². The fourth-order valence-electron chi connectivity index (χ4n) is 4.19. The number of thiophene rings is 1. The number of carbonyl (C=O) groups excluding carboxylic acids is 2. The number of rotatable bonds is 4. The number of carbonyl (C=O) groups is 2. The van der Waals surface area contributed by atoms with Gasteiger partial charge in [0.15, 0.2) is 0 Å². The van der Waals surface area contributed by atoms with Gasteiger partial charge in [-0.25, -0.2) is 0 Å². The number of carboxylic acids is 1. The molecule has 1 heterocycles. The molecule has 2 aliphatic carbocycles. The number of anilines is 1. The van der Waals surface area contributed by atoms with Gasteiger partial charge < -0.3 is 19.9 Å². The first-order valence-corrected chi connectivity index (χ1v) is 11.0. The molecule has 0 aliphatic heterocycles. The van der Waals surface area contributed by atoms with E-state index >= 15 is 0 Å². The van der Waals surface area contributed by atoms with Crippen molar-refractivity contribution in [3.05, 3.63) is 14.7 Å². The van der Waals surface area contributed by atoms with Crippen LogP contribution in [0.25, 0.3) is 0 Å². The van der Waals surface area contributed by atoms with E-state index in [4.69, 9.17) is 0 Å². The van der Waals surface area contributed by atoms with Crippen LogP contribution in [0.5, 0.6) is 0 Å². The number of aromatic carboxylic acids is 1. The number of aliphatic hydroxyl groups is 1. The normalized spacial score (nSPS) is 28.3. The standard InChI is InChI=1S/C19H26BrNO4S.Li/c1-11-2-4-12(5-3-11)18(23)21(13-6-8-14(22)9-7-13)15-10-16(20)26-17(15)19(24)25;/h10-14,22H,2-9H2,1H3,(H,24,25);/q;+1/p-1. The Balaban J connectivity index is 0.00000261. The predicted molar refractivity (Wildman–Crippen MR) is 103 cm³/mol. The first-order chi connectivity index (χ1) is 12.4. The quantitative estimate of drug-likeness (QED) is 0.672. The summed E-state index contributed by atoms with van der Waals surface area (Å²) in [5.74, 6) is -0.620. The average Bonchev–Trinajstić information content (AvgIpc) is 2.99. The topological polar surface area (TPSA) is 80.7 Å². The molecular formula is C19H25BrLiNO4S. The Bertz CT molecular complexity index is 667. The second kappa shape index (κ2) is 9.93. The molecule has 27 heavy (non-hydrogen) atoms. The molecule has 8 heteroatoms. The second-order valence-corrected chi connectivity index (χ2v) is 10.1. The molecule has 5 nitrogen and oxygen atoms in total. The molecule has 0 radical (unpaired) electrons. The molecule has 0 spiro atoms. The number of hydrogen-bond acceptors (Lipinski definition) is 5. The molecule has 1 N–H and O–H groups in total. The van der Waals surface area contributed by atoms with Gasteiger partial charge in [-0.1, -0.05) is 6.92 Å². The van der Waals surface area contributed by atoms with Gasteiger partial charge in [0.25, 0.3) is 0 Å². The Labute approximate surface area is 184 Å². The summed E-state index contributed by atoms with van der Waals surface area (Å²) >= 11 is 4.45. The van der Waals surface area contributed by atoms with Crippen LogP contribution in [0.3, 0.4) is 0 Å². The molecule has 3 rings (SSSR count).